The highest BCUT2D eigenvalue weighted by Crippen LogP contribution is 2.44. The van der Waals surface area contributed by atoms with Crippen LogP contribution in [0.15, 0.2) is 0 Å². The zero-order valence-corrected chi connectivity index (χ0v) is 13.4. The lowest BCUT2D eigenvalue weighted by Crippen LogP contribution is -2.44. The van der Waals surface area contributed by atoms with Crippen molar-refractivity contribution in [2.24, 2.45) is 5.41 Å². The van der Waals surface area contributed by atoms with Crippen molar-refractivity contribution in [1.82, 2.24) is 10.2 Å². The van der Waals surface area contributed by atoms with Gasteiger partial charge in [0.2, 0.25) is 5.91 Å². The molecule has 0 radical (unpaired) electrons. The third-order valence-electron chi connectivity index (χ3n) is 5.21. The van der Waals surface area contributed by atoms with Gasteiger partial charge in [0.25, 0.3) is 0 Å². The van der Waals surface area contributed by atoms with Crippen molar-refractivity contribution in [3.05, 3.63) is 0 Å². The first-order valence-electron chi connectivity index (χ1n) is 8.62. The average molecular weight is 280 g/mol. The standard InChI is InChI=1S/C17H32N2O/c1-15(2)18-12-6-7-16(20)19-13-10-17(11-14-19)8-4-3-5-9-17/h15,18H,3-14H2,1-2H3. The van der Waals surface area contributed by atoms with E-state index in [0.29, 0.717) is 23.8 Å². The van der Waals surface area contributed by atoms with E-state index in [2.05, 4.69) is 24.1 Å². The maximum atomic E-state index is 12.2. The third kappa shape index (κ3) is 4.47. The highest BCUT2D eigenvalue weighted by atomic mass is 16.2. The van der Waals surface area contributed by atoms with Crippen molar-refractivity contribution in [2.75, 3.05) is 19.6 Å². The zero-order chi connectivity index (χ0) is 14.4. The summed E-state index contributed by atoms with van der Waals surface area (Å²) in [5.41, 5.74) is 0.605. The number of piperidine rings is 1. The minimum Gasteiger partial charge on any atom is -0.343 e. The van der Waals surface area contributed by atoms with Gasteiger partial charge in [-0.2, -0.15) is 0 Å². The maximum Gasteiger partial charge on any atom is 0.222 e. The Morgan fingerprint density at radius 2 is 1.75 bits per heavy atom. The lowest BCUT2D eigenvalue weighted by Gasteiger charge is -2.44. The molecule has 0 aromatic heterocycles. The molecule has 3 heteroatoms. The molecule has 2 rings (SSSR count). The number of rotatable bonds is 5. The minimum absolute atomic E-state index is 0.376. The fraction of sp³-hybridized carbons (Fsp3) is 0.941. The molecule has 3 nitrogen and oxygen atoms in total. The van der Waals surface area contributed by atoms with E-state index in [9.17, 15) is 4.79 Å². The number of carbonyl (C=O) groups excluding carboxylic acids is 1. The van der Waals surface area contributed by atoms with Crippen molar-refractivity contribution in [1.29, 1.82) is 0 Å². The summed E-state index contributed by atoms with van der Waals surface area (Å²) in [6.07, 6.45) is 11.3. The summed E-state index contributed by atoms with van der Waals surface area (Å²) in [5.74, 6) is 0.376. The van der Waals surface area contributed by atoms with Gasteiger partial charge in [-0.3, -0.25) is 4.79 Å². The van der Waals surface area contributed by atoms with Gasteiger partial charge < -0.3 is 10.2 Å². The molecule has 2 aliphatic rings. The Morgan fingerprint density at radius 3 is 2.35 bits per heavy atom. The number of nitrogens with one attached hydrogen (secondary N) is 1. The van der Waals surface area contributed by atoms with E-state index >= 15 is 0 Å². The number of carbonyl (C=O) groups is 1. The van der Waals surface area contributed by atoms with E-state index in [4.69, 9.17) is 0 Å². The van der Waals surface area contributed by atoms with E-state index < -0.39 is 0 Å². The molecule has 1 spiro atoms. The number of likely N-dealkylation sites (tertiary alicyclic amines) is 1. The van der Waals surface area contributed by atoms with Gasteiger partial charge >= 0.3 is 0 Å². The van der Waals surface area contributed by atoms with Crippen LogP contribution in [0, 0.1) is 5.41 Å². The number of hydrogen-bond acceptors (Lipinski definition) is 2. The third-order valence-corrected chi connectivity index (χ3v) is 5.21. The molecule has 0 aromatic rings. The Hall–Kier alpha value is -0.570. The molecule has 0 unspecified atom stereocenters. The van der Waals surface area contributed by atoms with Crippen molar-refractivity contribution in [3.63, 3.8) is 0 Å². The first-order chi connectivity index (χ1) is 9.61. The van der Waals surface area contributed by atoms with Crippen LogP contribution in [0.4, 0.5) is 0 Å². The molecule has 2 fully saturated rings. The van der Waals surface area contributed by atoms with Gasteiger partial charge in [-0.15, -0.1) is 0 Å². The molecule has 1 aliphatic carbocycles. The van der Waals surface area contributed by atoms with E-state index in [1.54, 1.807) is 0 Å². The summed E-state index contributed by atoms with van der Waals surface area (Å²) in [6, 6.07) is 0.520. The van der Waals surface area contributed by atoms with Crippen LogP contribution in [-0.2, 0) is 4.79 Å². The second kappa shape index (κ2) is 7.44. The predicted molar refractivity (Wildman–Crippen MR) is 83.7 cm³/mol. The summed E-state index contributed by atoms with van der Waals surface area (Å²) >= 11 is 0. The fourth-order valence-corrected chi connectivity index (χ4v) is 3.82. The van der Waals surface area contributed by atoms with Crippen LogP contribution in [-0.4, -0.2) is 36.5 Å². The van der Waals surface area contributed by atoms with E-state index in [-0.39, 0.29) is 0 Å². The van der Waals surface area contributed by atoms with Crippen molar-refractivity contribution < 1.29 is 4.79 Å². The molecule has 1 N–H and O–H groups in total. The van der Waals surface area contributed by atoms with Crippen molar-refractivity contribution in [3.8, 4) is 0 Å². The zero-order valence-electron chi connectivity index (χ0n) is 13.4. The van der Waals surface area contributed by atoms with Gasteiger partial charge in [-0.1, -0.05) is 33.1 Å². The van der Waals surface area contributed by atoms with Crippen LogP contribution in [0.3, 0.4) is 0 Å². The normalized spacial score (nSPS) is 22.4. The monoisotopic (exact) mass is 280 g/mol. The first kappa shape index (κ1) is 15.8. The fourth-order valence-electron chi connectivity index (χ4n) is 3.82. The molecule has 1 amide bonds. The molecule has 1 saturated carbocycles. The molecule has 0 aromatic carbocycles. The summed E-state index contributed by atoms with van der Waals surface area (Å²) in [6.45, 7) is 7.28. The SMILES string of the molecule is CC(C)NCCCC(=O)N1CCC2(CCCCC2)CC1. The average Bonchev–Trinajstić information content (AvgIpc) is 2.45. The largest absolute Gasteiger partial charge is 0.343 e. The second-order valence-corrected chi connectivity index (χ2v) is 7.15. The summed E-state index contributed by atoms with van der Waals surface area (Å²) < 4.78 is 0. The van der Waals surface area contributed by atoms with Crippen LogP contribution in [0.1, 0.15) is 71.6 Å². The van der Waals surface area contributed by atoms with Crippen LogP contribution in [0.5, 0.6) is 0 Å². The highest BCUT2D eigenvalue weighted by molar-refractivity contribution is 5.76. The van der Waals surface area contributed by atoms with E-state index in [1.807, 2.05) is 0 Å². The maximum absolute atomic E-state index is 12.2. The smallest absolute Gasteiger partial charge is 0.222 e. The Morgan fingerprint density at radius 1 is 1.10 bits per heavy atom. The van der Waals surface area contributed by atoms with Crippen LogP contribution >= 0.6 is 0 Å². The summed E-state index contributed by atoms with van der Waals surface area (Å²) in [7, 11) is 0. The summed E-state index contributed by atoms with van der Waals surface area (Å²) in [4.78, 5) is 14.3. The molecule has 0 atom stereocenters. The van der Waals surface area contributed by atoms with E-state index in [0.717, 1.165) is 26.1 Å². The lowest BCUT2D eigenvalue weighted by molar-refractivity contribution is -0.134. The Bertz CT molecular complexity index is 298. The van der Waals surface area contributed by atoms with Gasteiger partial charge in [0.05, 0.1) is 0 Å². The molecular weight excluding hydrogens is 248 g/mol. The lowest BCUT2D eigenvalue weighted by atomic mass is 9.68. The Labute approximate surface area is 124 Å². The molecule has 1 aliphatic heterocycles. The molecule has 0 bridgehead atoms. The number of nitrogens with zero attached hydrogens (tertiary/aromatic N) is 1. The van der Waals surface area contributed by atoms with Gasteiger partial charge in [-0.25, -0.2) is 0 Å². The van der Waals surface area contributed by atoms with Crippen LogP contribution in [0.25, 0.3) is 0 Å². The molecule has 20 heavy (non-hydrogen) atoms. The number of hydrogen-bond donors (Lipinski definition) is 1. The van der Waals surface area contributed by atoms with Crippen LogP contribution in [0.2, 0.25) is 0 Å². The molecule has 1 saturated heterocycles. The van der Waals surface area contributed by atoms with E-state index in [1.165, 1.54) is 44.9 Å². The molecule has 116 valence electrons. The Kier molecular flexibility index (Phi) is 5.88. The summed E-state index contributed by atoms with van der Waals surface area (Å²) in [5, 5.41) is 3.38. The Balaban J connectivity index is 1.66. The predicted octanol–water partition coefficient (Wildman–Crippen LogP) is 3.34. The van der Waals surface area contributed by atoms with Crippen LogP contribution < -0.4 is 5.32 Å². The molecule has 1 heterocycles. The van der Waals surface area contributed by atoms with Gasteiger partial charge in [0.1, 0.15) is 0 Å². The van der Waals surface area contributed by atoms with Gasteiger partial charge in [0.15, 0.2) is 0 Å². The second-order valence-electron chi connectivity index (χ2n) is 7.15. The molecular formula is C17H32N2O. The van der Waals surface area contributed by atoms with Gasteiger partial charge in [-0.05, 0) is 44.1 Å². The van der Waals surface area contributed by atoms with Crippen molar-refractivity contribution in [2.45, 2.75) is 77.7 Å². The van der Waals surface area contributed by atoms with Gasteiger partial charge in [0, 0.05) is 25.6 Å². The quantitative estimate of drug-likeness (QED) is 0.783. The highest BCUT2D eigenvalue weighted by Gasteiger charge is 2.36. The minimum atomic E-state index is 0.376. The first-order valence-corrected chi connectivity index (χ1v) is 8.62. The van der Waals surface area contributed by atoms with Crippen molar-refractivity contribution >= 4 is 5.91 Å². The topological polar surface area (TPSA) is 32.3 Å². The number of amides is 1.